The van der Waals surface area contributed by atoms with E-state index in [-0.39, 0.29) is 0 Å². The van der Waals surface area contributed by atoms with Crippen LogP contribution in [0.25, 0.3) is 0 Å². The summed E-state index contributed by atoms with van der Waals surface area (Å²) in [4.78, 5) is 0. The number of rotatable bonds is 3. The van der Waals surface area contributed by atoms with Crippen LogP contribution in [0.3, 0.4) is 0 Å². The van der Waals surface area contributed by atoms with E-state index in [4.69, 9.17) is 6.42 Å². The minimum atomic E-state index is 0.885. The van der Waals surface area contributed by atoms with E-state index in [0.717, 1.165) is 22.0 Å². The van der Waals surface area contributed by atoms with E-state index >= 15 is 0 Å². The van der Waals surface area contributed by atoms with Gasteiger partial charge in [0.2, 0.25) is 0 Å². The van der Waals surface area contributed by atoms with Crippen molar-refractivity contribution in [3.8, 4) is 12.3 Å². The molecule has 0 fully saturated rings. The maximum atomic E-state index is 5.13. The van der Waals surface area contributed by atoms with Gasteiger partial charge in [-0.1, -0.05) is 0 Å². The SMILES string of the molecule is C#CCC[N+](C)(C)CI. The monoisotopic (exact) mass is 238 g/mol. The van der Waals surface area contributed by atoms with Gasteiger partial charge in [-0.15, -0.1) is 12.3 Å². The number of alkyl halides is 1. The lowest BCUT2D eigenvalue weighted by Crippen LogP contribution is -2.38. The number of nitrogens with zero attached hydrogens (tertiary/aromatic N) is 1. The Bertz CT molecular complexity index is 113. The molecular weight excluding hydrogens is 225 g/mol. The summed E-state index contributed by atoms with van der Waals surface area (Å²) in [6.07, 6.45) is 6.01. The summed E-state index contributed by atoms with van der Waals surface area (Å²) < 4.78 is 2.14. The molecule has 0 aliphatic rings. The first-order valence-corrected chi connectivity index (χ1v) is 4.46. The standard InChI is InChI=1S/C7H13IN/c1-4-5-6-9(2,3)7-8/h1H,5-7H2,2-3H3/q+1. The molecule has 0 saturated heterocycles. The van der Waals surface area contributed by atoms with Crippen LogP contribution in [-0.2, 0) is 0 Å². The van der Waals surface area contributed by atoms with E-state index in [1.165, 1.54) is 0 Å². The quantitative estimate of drug-likeness (QED) is 0.230. The van der Waals surface area contributed by atoms with E-state index < -0.39 is 0 Å². The topological polar surface area (TPSA) is 0 Å². The molecule has 0 aliphatic heterocycles. The molecule has 0 N–H and O–H groups in total. The molecule has 2 heteroatoms. The predicted molar refractivity (Wildman–Crippen MR) is 49.3 cm³/mol. The maximum absolute atomic E-state index is 5.13. The molecule has 0 saturated carbocycles. The van der Waals surface area contributed by atoms with Gasteiger partial charge in [0.1, 0.15) is 4.55 Å². The summed E-state index contributed by atoms with van der Waals surface area (Å²) in [5, 5.41) is 0. The van der Waals surface area contributed by atoms with Gasteiger partial charge in [-0.05, 0) is 22.6 Å². The van der Waals surface area contributed by atoms with E-state index in [1.807, 2.05) is 0 Å². The summed E-state index contributed by atoms with van der Waals surface area (Å²) in [5.74, 6) is 2.64. The van der Waals surface area contributed by atoms with Gasteiger partial charge in [0, 0.05) is 0 Å². The highest BCUT2D eigenvalue weighted by molar-refractivity contribution is 14.1. The van der Waals surface area contributed by atoms with E-state index in [1.54, 1.807) is 0 Å². The Morgan fingerprint density at radius 3 is 2.44 bits per heavy atom. The molecule has 0 aromatic carbocycles. The number of halogens is 1. The van der Waals surface area contributed by atoms with Crippen LogP contribution < -0.4 is 0 Å². The average molecular weight is 238 g/mol. The fourth-order valence-electron chi connectivity index (χ4n) is 0.427. The Morgan fingerprint density at radius 1 is 1.56 bits per heavy atom. The number of terminal acetylenes is 1. The summed E-state index contributed by atoms with van der Waals surface area (Å²) in [7, 11) is 4.37. The van der Waals surface area contributed by atoms with Crippen LogP contribution in [0.2, 0.25) is 0 Å². The molecular formula is C7H13IN+. The van der Waals surface area contributed by atoms with Gasteiger partial charge < -0.3 is 4.48 Å². The maximum Gasteiger partial charge on any atom is 0.129 e. The molecule has 0 aromatic heterocycles. The Balaban J connectivity index is 3.48. The van der Waals surface area contributed by atoms with Crippen molar-refractivity contribution in [3.05, 3.63) is 0 Å². The predicted octanol–water partition coefficient (Wildman–Crippen LogP) is 1.48. The van der Waals surface area contributed by atoms with Crippen molar-refractivity contribution in [2.75, 3.05) is 25.2 Å². The van der Waals surface area contributed by atoms with Crippen LogP contribution in [0.4, 0.5) is 0 Å². The normalized spacial score (nSPS) is 10.9. The first kappa shape index (κ1) is 9.25. The van der Waals surface area contributed by atoms with Gasteiger partial charge in [0.15, 0.2) is 0 Å². The van der Waals surface area contributed by atoms with Crippen LogP contribution >= 0.6 is 22.6 Å². The van der Waals surface area contributed by atoms with E-state index in [0.29, 0.717) is 0 Å². The van der Waals surface area contributed by atoms with Crippen molar-refractivity contribution in [2.45, 2.75) is 6.42 Å². The minimum Gasteiger partial charge on any atom is -0.320 e. The third kappa shape index (κ3) is 4.73. The van der Waals surface area contributed by atoms with Crippen molar-refractivity contribution in [3.63, 3.8) is 0 Å². The largest absolute Gasteiger partial charge is 0.320 e. The molecule has 0 bridgehead atoms. The molecule has 0 radical (unpaired) electrons. The lowest BCUT2D eigenvalue weighted by molar-refractivity contribution is -0.873. The number of hydrogen-bond donors (Lipinski definition) is 0. The Labute approximate surface area is 71.2 Å². The second kappa shape index (κ2) is 4.13. The molecule has 0 amide bonds. The molecule has 0 unspecified atom stereocenters. The minimum absolute atomic E-state index is 0.885. The van der Waals surface area contributed by atoms with Crippen molar-refractivity contribution in [1.82, 2.24) is 0 Å². The summed E-state index contributed by atoms with van der Waals surface area (Å²) in [5.41, 5.74) is 0. The smallest absolute Gasteiger partial charge is 0.129 e. The van der Waals surface area contributed by atoms with Gasteiger partial charge in [0.25, 0.3) is 0 Å². The lowest BCUT2D eigenvalue weighted by atomic mass is 10.4. The first-order chi connectivity index (χ1) is 4.12. The van der Waals surface area contributed by atoms with Gasteiger partial charge in [0.05, 0.1) is 27.1 Å². The summed E-state index contributed by atoms with van der Waals surface area (Å²) in [6, 6.07) is 0. The highest BCUT2D eigenvalue weighted by atomic mass is 127. The van der Waals surface area contributed by atoms with Crippen LogP contribution in [0.1, 0.15) is 6.42 Å². The summed E-state index contributed by atoms with van der Waals surface area (Å²) >= 11 is 2.37. The second-order valence-electron chi connectivity index (χ2n) is 2.73. The molecule has 0 heterocycles. The van der Waals surface area contributed by atoms with Crippen LogP contribution in [0.5, 0.6) is 0 Å². The van der Waals surface area contributed by atoms with E-state index in [2.05, 4.69) is 42.6 Å². The van der Waals surface area contributed by atoms with Crippen molar-refractivity contribution < 1.29 is 4.48 Å². The van der Waals surface area contributed by atoms with Crippen molar-refractivity contribution >= 4 is 22.6 Å². The van der Waals surface area contributed by atoms with Gasteiger partial charge >= 0.3 is 0 Å². The van der Waals surface area contributed by atoms with Crippen molar-refractivity contribution in [2.24, 2.45) is 0 Å². The zero-order chi connectivity index (χ0) is 7.33. The molecule has 9 heavy (non-hydrogen) atoms. The molecule has 0 rings (SSSR count). The van der Waals surface area contributed by atoms with Crippen LogP contribution in [0, 0.1) is 12.3 Å². The number of hydrogen-bond acceptors (Lipinski definition) is 0. The molecule has 0 spiro atoms. The Kier molecular flexibility index (Phi) is 4.24. The third-order valence-corrected chi connectivity index (χ3v) is 3.03. The molecule has 0 atom stereocenters. The van der Waals surface area contributed by atoms with Crippen LogP contribution in [-0.4, -0.2) is 29.7 Å². The highest BCUT2D eigenvalue weighted by Crippen LogP contribution is 2.01. The average Bonchev–Trinajstić information content (AvgIpc) is 1.84. The van der Waals surface area contributed by atoms with Gasteiger partial charge in [-0.2, -0.15) is 0 Å². The zero-order valence-corrected chi connectivity index (χ0v) is 8.18. The van der Waals surface area contributed by atoms with Gasteiger partial charge in [-0.25, -0.2) is 0 Å². The van der Waals surface area contributed by atoms with Crippen molar-refractivity contribution in [1.29, 1.82) is 0 Å². The molecule has 0 aliphatic carbocycles. The third-order valence-electron chi connectivity index (χ3n) is 1.19. The highest BCUT2D eigenvalue weighted by Gasteiger charge is 2.09. The second-order valence-corrected chi connectivity index (χ2v) is 3.42. The lowest BCUT2D eigenvalue weighted by Gasteiger charge is -2.25. The summed E-state index contributed by atoms with van der Waals surface area (Å²) in [6.45, 7) is 1.08. The van der Waals surface area contributed by atoms with Crippen LogP contribution in [0.15, 0.2) is 0 Å². The molecule has 52 valence electrons. The number of quaternary nitrogens is 1. The fraction of sp³-hybridized carbons (Fsp3) is 0.714. The van der Waals surface area contributed by atoms with E-state index in [9.17, 15) is 0 Å². The first-order valence-electron chi connectivity index (χ1n) is 2.94. The molecule has 0 aromatic rings. The van der Waals surface area contributed by atoms with Gasteiger partial charge in [-0.3, -0.25) is 0 Å². The Hall–Kier alpha value is 0.250. The fourth-order valence-corrected chi connectivity index (χ4v) is 0.768. The molecule has 1 nitrogen and oxygen atoms in total. The Morgan fingerprint density at radius 2 is 2.11 bits per heavy atom. The zero-order valence-electron chi connectivity index (χ0n) is 6.02.